The summed E-state index contributed by atoms with van der Waals surface area (Å²) in [7, 11) is 0. The molecular weight excluding hydrogens is 690 g/mol. The number of aldehydes is 1. The fraction of sp³-hybridized carbons (Fsp3) is 0.0769. The molecule has 0 aliphatic carbocycles. The summed E-state index contributed by atoms with van der Waals surface area (Å²) in [5.74, 6) is 0. The van der Waals surface area contributed by atoms with Gasteiger partial charge >= 0.3 is 0 Å². The summed E-state index contributed by atoms with van der Waals surface area (Å²) in [5.41, 5.74) is 3.52. The predicted molar refractivity (Wildman–Crippen MR) is 154 cm³/mol. The summed E-state index contributed by atoms with van der Waals surface area (Å²) in [4.78, 5) is 23.4. The SMILES string of the molecule is Brc1ccc(Br)c(C=NC(c2ccccc2)c2ccccc2)n1.C.O=Cc1nc(Br)ccc1Br. The zero-order valence-corrected chi connectivity index (χ0v) is 23.4. The van der Waals surface area contributed by atoms with Crippen molar-refractivity contribution < 1.29 is 4.79 Å². The van der Waals surface area contributed by atoms with E-state index in [-0.39, 0.29) is 13.5 Å². The van der Waals surface area contributed by atoms with E-state index in [0.717, 1.165) is 25.9 Å². The molecule has 0 radical (unpaired) electrons. The number of nitrogens with zero attached hydrogens (tertiary/aromatic N) is 3. The normalized spacial score (nSPS) is 10.4. The van der Waals surface area contributed by atoms with Gasteiger partial charge in [-0.2, -0.15) is 0 Å². The van der Waals surface area contributed by atoms with Gasteiger partial charge in [-0.05, 0) is 99.1 Å². The monoisotopic (exact) mass is 707 g/mol. The van der Waals surface area contributed by atoms with Crippen LogP contribution >= 0.6 is 63.7 Å². The average molecular weight is 711 g/mol. The third-order valence-electron chi connectivity index (χ3n) is 4.37. The van der Waals surface area contributed by atoms with Gasteiger partial charge in [-0.25, -0.2) is 9.97 Å². The molecule has 0 spiro atoms. The lowest BCUT2D eigenvalue weighted by Gasteiger charge is -2.13. The van der Waals surface area contributed by atoms with E-state index in [4.69, 9.17) is 4.99 Å². The fourth-order valence-electron chi connectivity index (χ4n) is 2.82. The van der Waals surface area contributed by atoms with Crippen LogP contribution in [0, 0.1) is 0 Å². The van der Waals surface area contributed by atoms with Crippen molar-refractivity contribution in [1.82, 2.24) is 9.97 Å². The van der Waals surface area contributed by atoms with E-state index in [9.17, 15) is 4.79 Å². The first-order valence-electron chi connectivity index (χ1n) is 9.70. The Bertz CT molecular complexity index is 1200. The van der Waals surface area contributed by atoms with Crippen LogP contribution in [0.15, 0.2) is 108 Å². The van der Waals surface area contributed by atoms with Crippen LogP contribution in [0.3, 0.4) is 0 Å². The molecule has 2 aromatic carbocycles. The molecule has 0 aliphatic rings. The Morgan fingerprint density at radius 3 is 1.53 bits per heavy atom. The number of aromatic nitrogens is 2. The predicted octanol–water partition coefficient (Wildman–Crippen LogP) is 8.87. The van der Waals surface area contributed by atoms with E-state index in [2.05, 4.69) is 98.0 Å². The second kappa shape index (κ2) is 14.4. The minimum Gasteiger partial charge on any atom is -0.296 e. The van der Waals surface area contributed by atoms with Gasteiger partial charge in [0.2, 0.25) is 0 Å². The zero-order chi connectivity index (χ0) is 23.6. The maximum absolute atomic E-state index is 10.3. The van der Waals surface area contributed by atoms with Crippen molar-refractivity contribution in [3.05, 3.63) is 126 Å². The van der Waals surface area contributed by atoms with Crippen molar-refractivity contribution in [2.75, 3.05) is 0 Å². The van der Waals surface area contributed by atoms with Crippen LogP contribution in [0.1, 0.15) is 40.8 Å². The number of halogens is 4. The number of carbonyl (C=O) groups is 1. The van der Waals surface area contributed by atoms with Crippen LogP contribution in [0.5, 0.6) is 0 Å². The summed E-state index contributed by atoms with van der Waals surface area (Å²) in [6.45, 7) is 0. The highest BCUT2D eigenvalue weighted by Crippen LogP contribution is 2.26. The van der Waals surface area contributed by atoms with E-state index in [1.54, 1.807) is 12.1 Å². The van der Waals surface area contributed by atoms with Gasteiger partial charge < -0.3 is 0 Å². The molecule has 0 amide bonds. The molecular formula is C26H21Br4N3O. The average Bonchev–Trinajstić information content (AvgIpc) is 2.84. The number of hydrogen-bond acceptors (Lipinski definition) is 4. The highest BCUT2D eigenvalue weighted by atomic mass is 79.9. The minimum absolute atomic E-state index is 0. The van der Waals surface area contributed by atoms with E-state index in [1.807, 2.05) is 54.7 Å². The van der Waals surface area contributed by atoms with E-state index < -0.39 is 0 Å². The lowest BCUT2D eigenvalue weighted by atomic mass is 9.99. The third kappa shape index (κ3) is 8.34. The maximum Gasteiger partial charge on any atom is 0.169 e. The summed E-state index contributed by atoms with van der Waals surface area (Å²) in [6, 6.07) is 27.9. The molecule has 4 aromatic rings. The first kappa shape index (κ1) is 28.2. The van der Waals surface area contributed by atoms with Crippen LogP contribution < -0.4 is 0 Å². The first-order valence-corrected chi connectivity index (χ1v) is 12.9. The Hall–Kier alpha value is -2.00. The third-order valence-corrected chi connectivity index (χ3v) is 6.59. The van der Waals surface area contributed by atoms with Crippen LogP contribution in [0.25, 0.3) is 0 Å². The molecule has 0 saturated heterocycles. The maximum atomic E-state index is 10.3. The van der Waals surface area contributed by atoms with E-state index >= 15 is 0 Å². The molecule has 2 aromatic heterocycles. The van der Waals surface area contributed by atoms with Crippen LogP contribution in [-0.2, 0) is 0 Å². The van der Waals surface area contributed by atoms with Crippen molar-refractivity contribution in [2.45, 2.75) is 13.5 Å². The lowest BCUT2D eigenvalue weighted by molar-refractivity contribution is 0.111. The highest BCUT2D eigenvalue weighted by Gasteiger charge is 2.12. The topological polar surface area (TPSA) is 55.2 Å². The number of rotatable bonds is 5. The molecule has 4 nitrogen and oxygen atoms in total. The van der Waals surface area contributed by atoms with Gasteiger partial charge in [0.25, 0.3) is 0 Å². The van der Waals surface area contributed by atoms with Gasteiger partial charge in [0.1, 0.15) is 14.9 Å². The van der Waals surface area contributed by atoms with Crippen molar-refractivity contribution in [3.63, 3.8) is 0 Å². The molecule has 4 rings (SSSR count). The molecule has 34 heavy (non-hydrogen) atoms. The van der Waals surface area contributed by atoms with Crippen LogP contribution in [-0.4, -0.2) is 22.5 Å². The fourth-order valence-corrected chi connectivity index (χ4v) is 4.10. The van der Waals surface area contributed by atoms with Gasteiger partial charge in [0.05, 0.1) is 11.7 Å². The molecule has 0 unspecified atom stereocenters. The molecule has 174 valence electrons. The zero-order valence-electron chi connectivity index (χ0n) is 17.1. The molecule has 0 aliphatic heterocycles. The Kier molecular flexibility index (Phi) is 12.0. The number of aliphatic imine (C=N–C) groups is 1. The second-order valence-electron chi connectivity index (χ2n) is 6.62. The minimum atomic E-state index is -0.0509. The van der Waals surface area contributed by atoms with Gasteiger partial charge in [0, 0.05) is 15.2 Å². The largest absolute Gasteiger partial charge is 0.296 e. The van der Waals surface area contributed by atoms with Gasteiger partial charge in [0.15, 0.2) is 6.29 Å². The molecule has 0 bridgehead atoms. The Morgan fingerprint density at radius 1 is 0.647 bits per heavy atom. The number of carbonyl (C=O) groups excluding carboxylic acids is 1. The Balaban J connectivity index is 0.000000314. The van der Waals surface area contributed by atoms with Crippen molar-refractivity contribution in [3.8, 4) is 0 Å². The lowest BCUT2D eigenvalue weighted by Crippen LogP contribution is -2.00. The summed E-state index contributed by atoms with van der Waals surface area (Å²) < 4.78 is 3.09. The Morgan fingerprint density at radius 2 is 1.09 bits per heavy atom. The van der Waals surface area contributed by atoms with Crippen molar-refractivity contribution in [2.24, 2.45) is 4.99 Å². The second-order valence-corrected chi connectivity index (χ2v) is 9.96. The number of hydrogen-bond donors (Lipinski definition) is 0. The smallest absolute Gasteiger partial charge is 0.169 e. The Labute approximate surface area is 233 Å². The highest BCUT2D eigenvalue weighted by molar-refractivity contribution is 9.11. The standard InChI is InChI=1S/C19H14Br2N2.C6H3Br2NO.CH4/c20-16-11-12-18(21)23-17(16)13-22-19(14-7-3-1-4-8-14)15-9-5-2-6-10-15;7-4-1-2-6(8)9-5(4)3-10;/h1-13,19H;1-3H;1H4. The quantitative estimate of drug-likeness (QED) is 0.118. The molecule has 0 saturated carbocycles. The molecule has 2 heterocycles. The van der Waals surface area contributed by atoms with Crippen molar-refractivity contribution in [1.29, 1.82) is 0 Å². The van der Waals surface area contributed by atoms with Crippen LogP contribution in [0.4, 0.5) is 0 Å². The van der Waals surface area contributed by atoms with Crippen LogP contribution in [0.2, 0.25) is 0 Å². The summed E-state index contributed by atoms with van der Waals surface area (Å²) in [6.07, 6.45) is 2.52. The van der Waals surface area contributed by atoms with Gasteiger partial charge in [-0.15, -0.1) is 0 Å². The summed E-state index contributed by atoms with van der Waals surface area (Å²) >= 11 is 13.2. The van der Waals surface area contributed by atoms with Gasteiger partial charge in [-0.3, -0.25) is 9.79 Å². The number of pyridine rings is 2. The first-order chi connectivity index (χ1) is 16.0. The van der Waals surface area contributed by atoms with Crippen molar-refractivity contribution >= 4 is 76.2 Å². The molecule has 8 heteroatoms. The number of benzene rings is 2. The van der Waals surface area contributed by atoms with Gasteiger partial charge in [-0.1, -0.05) is 68.1 Å². The van der Waals surface area contributed by atoms with E-state index in [1.165, 1.54) is 0 Å². The summed E-state index contributed by atoms with van der Waals surface area (Å²) in [5, 5.41) is 0. The molecule has 0 fully saturated rings. The molecule has 0 N–H and O–H groups in total. The molecule has 0 atom stereocenters. The van der Waals surface area contributed by atoms with E-state index in [0.29, 0.717) is 21.1 Å².